The molecule has 1 saturated heterocycles. The maximum atomic E-state index is 12.4. The summed E-state index contributed by atoms with van der Waals surface area (Å²) in [4.78, 5) is 21.2. The number of fused-ring (bicyclic) bond motifs is 1. The summed E-state index contributed by atoms with van der Waals surface area (Å²) < 4.78 is 8.35. The smallest absolute Gasteiger partial charge is 0.410 e. The number of piperazine rings is 1. The fourth-order valence-corrected chi connectivity index (χ4v) is 3.94. The fourth-order valence-electron chi connectivity index (χ4n) is 3.33. The molecule has 27 heavy (non-hydrogen) atoms. The van der Waals surface area contributed by atoms with E-state index in [-0.39, 0.29) is 12.1 Å². The van der Waals surface area contributed by atoms with Gasteiger partial charge in [-0.2, -0.15) is 5.10 Å². The number of hydrogen-bond donors (Lipinski definition) is 0. The van der Waals surface area contributed by atoms with Crippen LogP contribution in [0.15, 0.2) is 10.5 Å². The lowest BCUT2D eigenvalue weighted by Gasteiger charge is -2.40. The van der Waals surface area contributed by atoms with Gasteiger partial charge in [0.05, 0.1) is 10.2 Å². The number of anilines is 1. The molecule has 0 radical (unpaired) electrons. The monoisotopic (exact) mass is 437 g/mol. The summed E-state index contributed by atoms with van der Waals surface area (Å²) in [6.07, 6.45) is 0.601. The SMILES string of the molecule is CCc1nn2c(C)cc(N3CCN(C(=O)OC(C)(C)C)CC3C)nc2c1Br. The number of carbonyl (C=O) groups is 1. The number of halogens is 1. The predicted molar refractivity (Wildman–Crippen MR) is 109 cm³/mol. The Hall–Kier alpha value is -1.83. The van der Waals surface area contributed by atoms with Gasteiger partial charge in [0.2, 0.25) is 0 Å². The molecule has 0 saturated carbocycles. The van der Waals surface area contributed by atoms with Crippen molar-refractivity contribution < 1.29 is 9.53 Å². The van der Waals surface area contributed by atoms with Gasteiger partial charge in [0, 0.05) is 37.4 Å². The highest BCUT2D eigenvalue weighted by Crippen LogP contribution is 2.27. The minimum absolute atomic E-state index is 0.146. The van der Waals surface area contributed by atoms with Gasteiger partial charge in [0.1, 0.15) is 11.4 Å². The van der Waals surface area contributed by atoms with Crippen molar-refractivity contribution in [3.63, 3.8) is 0 Å². The zero-order valence-corrected chi connectivity index (χ0v) is 18.5. The second-order valence-corrected chi connectivity index (χ2v) is 8.87. The van der Waals surface area contributed by atoms with E-state index in [0.717, 1.165) is 40.3 Å². The van der Waals surface area contributed by atoms with Gasteiger partial charge in [-0.25, -0.2) is 14.3 Å². The maximum absolute atomic E-state index is 12.4. The molecule has 3 rings (SSSR count). The summed E-state index contributed by atoms with van der Waals surface area (Å²) in [7, 11) is 0. The number of rotatable bonds is 2. The summed E-state index contributed by atoms with van der Waals surface area (Å²) in [6, 6.07) is 2.21. The minimum atomic E-state index is -0.480. The minimum Gasteiger partial charge on any atom is -0.444 e. The van der Waals surface area contributed by atoms with Gasteiger partial charge in [-0.1, -0.05) is 6.92 Å². The molecule has 0 aliphatic carbocycles. The normalized spacial score (nSPS) is 18.3. The highest BCUT2D eigenvalue weighted by Gasteiger charge is 2.31. The second-order valence-electron chi connectivity index (χ2n) is 8.07. The number of amides is 1. The molecule has 8 heteroatoms. The van der Waals surface area contributed by atoms with Gasteiger partial charge in [0.15, 0.2) is 5.65 Å². The van der Waals surface area contributed by atoms with E-state index in [9.17, 15) is 4.79 Å². The molecule has 3 heterocycles. The van der Waals surface area contributed by atoms with Gasteiger partial charge < -0.3 is 14.5 Å². The Bertz CT molecular complexity index is 858. The van der Waals surface area contributed by atoms with Crippen LogP contribution in [0.3, 0.4) is 0 Å². The van der Waals surface area contributed by atoms with Crippen LogP contribution in [-0.4, -0.2) is 56.9 Å². The van der Waals surface area contributed by atoms with Crippen molar-refractivity contribution in [2.24, 2.45) is 0 Å². The molecule has 7 nitrogen and oxygen atoms in total. The number of aromatic nitrogens is 3. The van der Waals surface area contributed by atoms with Gasteiger partial charge in [-0.15, -0.1) is 0 Å². The lowest BCUT2D eigenvalue weighted by Crippen LogP contribution is -2.54. The quantitative estimate of drug-likeness (QED) is 0.714. The third-order valence-electron chi connectivity index (χ3n) is 4.67. The van der Waals surface area contributed by atoms with Crippen molar-refractivity contribution in [3.8, 4) is 0 Å². The molecule has 148 valence electrons. The molecular weight excluding hydrogens is 410 g/mol. The van der Waals surface area contributed by atoms with Crippen LogP contribution in [-0.2, 0) is 11.2 Å². The van der Waals surface area contributed by atoms with Crippen molar-refractivity contribution in [1.82, 2.24) is 19.5 Å². The Labute approximate surface area is 168 Å². The van der Waals surface area contributed by atoms with Gasteiger partial charge >= 0.3 is 6.09 Å². The summed E-state index contributed by atoms with van der Waals surface area (Å²) in [6.45, 7) is 13.9. The third-order valence-corrected chi connectivity index (χ3v) is 5.48. The van der Waals surface area contributed by atoms with Gasteiger partial charge in [0.25, 0.3) is 0 Å². The molecule has 0 N–H and O–H groups in total. The molecule has 1 atom stereocenters. The van der Waals surface area contributed by atoms with E-state index in [1.807, 2.05) is 32.2 Å². The van der Waals surface area contributed by atoms with Crippen LogP contribution in [0.4, 0.5) is 10.6 Å². The van der Waals surface area contributed by atoms with Crippen LogP contribution >= 0.6 is 15.9 Å². The van der Waals surface area contributed by atoms with Crippen LogP contribution in [0.25, 0.3) is 5.65 Å². The van der Waals surface area contributed by atoms with E-state index in [1.165, 1.54) is 0 Å². The van der Waals surface area contributed by atoms with E-state index < -0.39 is 5.60 Å². The molecule has 1 aliphatic heterocycles. The Morgan fingerprint density at radius 2 is 2.07 bits per heavy atom. The Kier molecular flexibility index (Phi) is 5.38. The first-order valence-electron chi connectivity index (χ1n) is 9.40. The van der Waals surface area contributed by atoms with Gasteiger partial charge in [-0.05, 0) is 57.0 Å². The molecule has 1 unspecified atom stereocenters. The Morgan fingerprint density at radius 1 is 1.37 bits per heavy atom. The predicted octanol–water partition coefficient (Wildman–Crippen LogP) is 3.81. The van der Waals surface area contributed by atoms with E-state index in [2.05, 4.69) is 45.8 Å². The van der Waals surface area contributed by atoms with E-state index in [1.54, 1.807) is 4.90 Å². The number of carbonyl (C=O) groups excluding carboxylic acids is 1. The first-order valence-corrected chi connectivity index (χ1v) is 10.2. The average Bonchev–Trinajstić information content (AvgIpc) is 2.90. The third kappa shape index (κ3) is 4.05. The van der Waals surface area contributed by atoms with Crippen molar-refractivity contribution in [1.29, 1.82) is 0 Å². The van der Waals surface area contributed by atoms with Crippen molar-refractivity contribution >= 4 is 33.5 Å². The topological polar surface area (TPSA) is 63.0 Å². The summed E-state index contributed by atoms with van der Waals surface area (Å²) in [5.41, 5.74) is 2.40. The largest absolute Gasteiger partial charge is 0.444 e. The first-order chi connectivity index (χ1) is 12.6. The molecule has 2 aromatic heterocycles. The Morgan fingerprint density at radius 3 is 2.67 bits per heavy atom. The molecule has 1 amide bonds. The maximum Gasteiger partial charge on any atom is 0.410 e. The summed E-state index contributed by atoms with van der Waals surface area (Å²) >= 11 is 3.64. The van der Waals surface area contributed by atoms with Crippen LogP contribution in [0.5, 0.6) is 0 Å². The lowest BCUT2D eigenvalue weighted by molar-refractivity contribution is 0.0218. The van der Waals surface area contributed by atoms with Gasteiger partial charge in [-0.3, -0.25) is 0 Å². The van der Waals surface area contributed by atoms with Crippen molar-refractivity contribution in [2.75, 3.05) is 24.5 Å². The van der Waals surface area contributed by atoms with Crippen LogP contribution in [0.2, 0.25) is 0 Å². The fraction of sp³-hybridized carbons (Fsp3) is 0.632. The van der Waals surface area contributed by atoms with Crippen LogP contribution in [0.1, 0.15) is 46.0 Å². The number of ether oxygens (including phenoxy) is 1. The molecule has 1 fully saturated rings. The zero-order chi connectivity index (χ0) is 19.9. The van der Waals surface area contributed by atoms with Crippen molar-refractivity contribution in [3.05, 3.63) is 21.9 Å². The molecule has 2 aromatic rings. The summed E-state index contributed by atoms with van der Waals surface area (Å²) in [5.74, 6) is 0.916. The molecule has 0 aromatic carbocycles. The number of hydrogen-bond acceptors (Lipinski definition) is 5. The zero-order valence-electron chi connectivity index (χ0n) is 16.9. The second kappa shape index (κ2) is 7.30. The standard InChI is InChI=1S/C19H28BrN5O2/c1-7-14-16(20)17-21-15(10-12(2)25(17)22-14)24-9-8-23(11-13(24)3)18(26)27-19(4,5)6/h10,13H,7-9,11H2,1-6H3. The Balaban J connectivity index is 1.82. The van der Waals surface area contributed by atoms with Crippen LogP contribution in [0, 0.1) is 6.92 Å². The molecular formula is C19H28BrN5O2. The summed E-state index contributed by atoms with van der Waals surface area (Å²) in [5, 5.41) is 4.62. The highest BCUT2D eigenvalue weighted by molar-refractivity contribution is 9.10. The lowest BCUT2D eigenvalue weighted by atomic mass is 10.2. The number of nitrogens with zero attached hydrogens (tertiary/aromatic N) is 5. The molecule has 0 spiro atoms. The number of aryl methyl sites for hydroxylation is 2. The van der Waals surface area contributed by atoms with E-state index in [4.69, 9.17) is 9.72 Å². The molecule has 0 bridgehead atoms. The van der Waals surface area contributed by atoms with E-state index in [0.29, 0.717) is 13.1 Å². The van der Waals surface area contributed by atoms with E-state index >= 15 is 0 Å². The van der Waals surface area contributed by atoms with Crippen molar-refractivity contribution in [2.45, 2.75) is 59.6 Å². The highest BCUT2D eigenvalue weighted by atomic mass is 79.9. The van der Waals surface area contributed by atoms with Crippen LogP contribution < -0.4 is 4.90 Å². The first kappa shape index (κ1) is 19.9. The molecule has 1 aliphatic rings. The average molecular weight is 438 g/mol.